The van der Waals surface area contributed by atoms with Crippen molar-refractivity contribution in [1.82, 2.24) is 0 Å². The van der Waals surface area contributed by atoms with Crippen LogP contribution in [-0.4, -0.2) is 12.6 Å². The normalized spacial score (nSPS) is 11.1. The number of aryl methyl sites for hydroxylation is 1. The van der Waals surface area contributed by atoms with Gasteiger partial charge in [-0.25, -0.2) is 4.99 Å². The number of amidine groups is 1. The molecule has 0 saturated carbocycles. The third-order valence-corrected chi connectivity index (χ3v) is 1.78. The molecule has 1 aromatic carbocycles. The summed E-state index contributed by atoms with van der Waals surface area (Å²) in [5, 5.41) is 3.75. The second kappa shape index (κ2) is 5.17. The van der Waals surface area contributed by atoms with Crippen LogP contribution in [0.15, 0.2) is 34.4 Å². The zero-order chi connectivity index (χ0) is 10.4. The van der Waals surface area contributed by atoms with E-state index in [0.717, 1.165) is 5.56 Å². The standard InChI is InChI=1S/C11H14N2O/c1-9-4-6-11(7-5-9)8-14-13-10(2)12-3/h4-7H,3,8H2,1-2H3/b13-10-. The van der Waals surface area contributed by atoms with Crippen molar-refractivity contribution in [2.45, 2.75) is 20.5 Å². The Morgan fingerprint density at radius 2 is 2.00 bits per heavy atom. The molecule has 0 aromatic heterocycles. The SMILES string of the molecule is C=N/C(C)=N\OCc1ccc(C)cc1. The second-order valence-electron chi connectivity index (χ2n) is 3.06. The Hall–Kier alpha value is -1.64. The zero-order valence-corrected chi connectivity index (χ0v) is 8.53. The van der Waals surface area contributed by atoms with E-state index >= 15 is 0 Å². The van der Waals surface area contributed by atoms with Gasteiger partial charge in [-0.3, -0.25) is 0 Å². The summed E-state index contributed by atoms with van der Waals surface area (Å²) in [5.74, 6) is 0.539. The van der Waals surface area contributed by atoms with Gasteiger partial charge in [0, 0.05) is 0 Å². The third-order valence-electron chi connectivity index (χ3n) is 1.78. The van der Waals surface area contributed by atoms with Gasteiger partial charge in [0.1, 0.15) is 6.61 Å². The highest BCUT2D eigenvalue weighted by Crippen LogP contribution is 2.04. The van der Waals surface area contributed by atoms with Crippen LogP contribution in [0, 0.1) is 6.92 Å². The fourth-order valence-corrected chi connectivity index (χ4v) is 0.913. The van der Waals surface area contributed by atoms with Gasteiger partial charge in [-0.15, -0.1) is 0 Å². The molecule has 0 aliphatic rings. The molecule has 0 bridgehead atoms. The summed E-state index contributed by atoms with van der Waals surface area (Å²) in [4.78, 5) is 8.68. The third kappa shape index (κ3) is 3.39. The van der Waals surface area contributed by atoms with Crippen molar-refractivity contribution in [3.05, 3.63) is 35.4 Å². The van der Waals surface area contributed by atoms with Crippen LogP contribution in [0.1, 0.15) is 18.1 Å². The van der Waals surface area contributed by atoms with Gasteiger partial charge in [0.2, 0.25) is 0 Å². The molecule has 0 aliphatic carbocycles. The maximum Gasteiger partial charge on any atom is 0.163 e. The van der Waals surface area contributed by atoms with E-state index in [1.54, 1.807) is 6.92 Å². The summed E-state index contributed by atoms with van der Waals surface area (Å²) in [6.45, 7) is 7.59. The molecule has 3 nitrogen and oxygen atoms in total. The number of aliphatic imine (C=N–C) groups is 1. The summed E-state index contributed by atoms with van der Waals surface area (Å²) in [5.41, 5.74) is 2.33. The first-order chi connectivity index (χ1) is 6.72. The molecule has 0 saturated heterocycles. The van der Waals surface area contributed by atoms with Gasteiger partial charge in [0.15, 0.2) is 5.84 Å². The molecular formula is C11H14N2O. The summed E-state index contributed by atoms with van der Waals surface area (Å²) < 4.78 is 0. The number of benzene rings is 1. The van der Waals surface area contributed by atoms with Gasteiger partial charge in [-0.2, -0.15) is 0 Å². The molecule has 0 aliphatic heterocycles. The lowest BCUT2D eigenvalue weighted by Gasteiger charge is -2.00. The van der Waals surface area contributed by atoms with E-state index in [-0.39, 0.29) is 0 Å². The monoisotopic (exact) mass is 190 g/mol. The fraction of sp³-hybridized carbons (Fsp3) is 0.273. The number of nitrogens with zero attached hydrogens (tertiary/aromatic N) is 2. The van der Waals surface area contributed by atoms with Gasteiger partial charge in [0.05, 0.1) is 0 Å². The van der Waals surface area contributed by atoms with Crippen LogP contribution in [0.3, 0.4) is 0 Å². The van der Waals surface area contributed by atoms with Crippen LogP contribution in [0.2, 0.25) is 0 Å². The predicted octanol–water partition coefficient (Wildman–Crippen LogP) is 2.55. The fourth-order valence-electron chi connectivity index (χ4n) is 0.913. The first-order valence-corrected chi connectivity index (χ1v) is 4.41. The van der Waals surface area contributed by atoms with Crippen LogP contribution >= 0.6 is 0 Å². The lowest BCUT2D eigenvalue weighted by molar-refractivity contribution is 0.130. The lowest BCUT2D eigenvalue weighted by atomic mass is 10.2. The molecule has 0 fully saturated rings. The topological polar surface area (TPSA) is 34.0 Å². The highest BCUT2D eigenvalue weighted by molar-refractivity contribution is 5.83. The van der Waals surface area contributed by atoms with E-state index in [4.69, 9.17) is 4.84 Å². The number of hydrogen-bond acceptors (Lipinski definition) is 2. The number of oxime groups is 1. The molecule has 0 heterocycles. The summed E-state index contributed by atoms with van der Waals surface area (Å²) in [6.07, 6.45) is 0. The van der Waals surface area contributed by atoms with Crippen molar-refractivity contribution in [3.8, 4) is 0 Å². The minimum atomic E-state index is 0.465. The smallest absolute Gasteiger partial charge is 0.163 e. The number of rotatable bonds is 3. The minimum Gasteiger partial charge on any atom is -0.389 e. The molecule has 1 rings (SSSR count). The Bertz CT molecular complexity index is 328. The van der Waals surface area contributed by atoms with Crippen molar-refractivity contribution in [3.63, 3.8) is 0 Å². The van der Waals surface area contributed by atoms with Crippen molar-refractivity contribution < 1.29 is 4.84 Å². The van der Waals surface area contributed by atoms with Crippen molar-refractivity contribution >= 4 is 12.6 Å². The largest absolute Gasteiger partial charge is 0.389 e. The Morgan fingerprint density at radius 3 is 2.57 bits per heavy atom. The quantitative estimate of drug-likeness (QED) is 0.409. The highest BCUT2D eigenvalue weighted by atomic mass is 16.6. The Kier molecular flexibility index (Phi) is 3.85. The second-order valence-corrected chi connectivity index (χ2v) is 3.06. The van der Waals surface area contributed by atoms with Gasteiger partial charge >= 0.3 is 0 Å². The van der Waals surface area contributed by atoms with Crippen molar-refractivity contribution in [2.24, 2.45) is 10.1 Å². The minimum absolute atomic E-state index is 0.465. The van der Waals surface area contributed by atoms with Crippen LogP contribution in [0.4, 0.5) is 0 Å². The average Bonchev–Trinajstić information content (AvgIpc) is 2.21. The summed E-state index contributed by atoms with van der Waals surface area (Å²) in [6, 6.07) is 8.12. The molecule has 74 valence electrons. The molecule has 0 N–H and O–H groups in total. The van der Waals surface area contributed by atoms with E-state index < -0.39 is 0 Å². The van der Waals surface area contributed by atoms with E-state index in [1.807, 2.05) is 24.3 Å². The maximum absolute atomic E-state index is 5.07. The Morgan fingerprint density at radius 1 is 1.36 bits per heavy atom. The van der Waals surface area contributed by atoms with Gasteiger partial charge < -0.3 is 4.84 Å². The van der Waals surface area contributed by atoms with Crippen molar-refractivity contribution in [2.75, 3.05) is 0 Å². The van der Waals surface area contributed by atoms with Crippen LogP contribution in [0.5, 0.6) is 0 Å². The Labute approximate surface area is 84.1 Å². The zero-order valence-electron chi connectivity index (χ0n) is 8.53. The molecule has 0 atom stereocenters. The molecule has 1 aromatic rings. The first kappa shape index (κ1) is 10.4. The summed E-state index contributed by atoms with van der Waals surface area (Å²) >= 11 is 0. The van der Waals surface area contributed by atoms with Crippen molar-refractivity contribution in [1.29, 1.82) is 0 Å². The van der Waals surface area contributed by atoms with E-state index in [9.17, 15) is 0 Å². The van der Waals surface area contributed by atoms with Crippen LogP contribution in [0.25, 0.3) is 0 Å². The van der Waals surface area contributed by atoms with Gasteiger partial charge in [-0.05, 0) is 26.1 Å². The van der Waals surface area contributed by atoms with Crippen LogP contribution < -0.4 is 0 Å². The number of hydrogen-bond donors (Lipinski definition) is 0. The lowest BCUT2D eigenvalue weighted by Crippen LogP contribution is -1.90. The molecule has 0 spiro atoms. The summed E-state index contributed by atoms with van der Waals surface area (Å²) in [7, 11) is 0. The average molecular weight is 190 g/mol. The molecule has 0 unspecified atom stereocenters. The van der Waals surface area contributed by atoms with E-state index in [1.165, 1.54) is 5.56 Å². The molecule has 0 amide bonds. The van der Waals surface area contributed by atoms with Gasteiger partial charge in [0.25, 0.3) is 0 Å². The van der Waals surface area contributed by atoms with Crippen LogP contribution in [-0.2, 0) is 11.4 Å². The molecule has 14 heavy (non-hydrogen) atoms. The molecular weight excluding hydrogens is 176 g/mol. The maximum atomic E-state index is 5.07. The first-order valence-electron chi connectivity index (χ1n) is 4.41. The van der Waals surface area contributed by atoms with Gasteiger partial charge in [-0.1, -0.05) is 35.0 Å². The molecule has 3 heteroatoms. The Balaban J connectivity index is 2.46. The highest BCUT2D eigenvalue weighted by Gasteiger charge is 1.92. The van der Waals surface area contributed by atoms with E-state index in [0.29, 0.717) is 12.4 Å². The predicted molar refractivity (Wildman–Crippen MR) is 58.6 cm³/mol. The van der Waals surface area contributed by atoms with E-state index in [2.05, 4.69) is 23.8 Å². The molecule has 0 radical (unpaired) electrons.